The minimum atomic E-state index is -0.498. The minimum Gasteiger partial charge on any atom is -0.507 e. The van der Waals surface area contributed by atoms with E-state index >= 15 is 0 Å². The van der Waals surface area contributed by atoms with E-state index in [9.17, 15) is 15.0 Å². The van der Waals surface area contributed by atoms with Crippen LogP contribution in [0.2, 0.25) is 0 Å². The lowest BCUT2D eigenvalue weighted by molar-refractivity contribution is 0.248. The van der Waals surface area contributed by atoms with Gasteiger partial charge in [0.25, 0.3) is 0 Å². The Labute approximate surface area is 120 Å². The molecule has 6 heteroatoms. The van der Waals surface area contributed by atoms with Crippen molar-refractivity contribution in [1.82, 2.24) is 0 Å². The van der Waals surface area contributed by atoms with Crippen LogP contribution in [0.1, 0.15) is 18.2 Å². The molecule has 0 aliphatic rings. The number of rotatable bonds is 4. The van der Waals surface area contributed by atoms with Gasteiger partial charge in [0, 0.05) is 17.7 Å². The van der Waals surface area contributed by atoms with E-state index < -0.39 is 12.0 Å². The van der Waals surface area contributed by atoms with Crippen molar-refractivity contribution in [3.8, 4) is 11.5 Å². The van der Waals surface area contributed by atoms with Crippen LogP contribution < -0.4 is 5.43 Å². The van der Waals surface area contributed by atoms with E-state index in [0.717, 1.165) is 12.1 Å². The van der Waals surface area contributed by atoms with Gasteiger partial charge in [-0.25, -0.2) is 0 Å². The zero-order chi connectivity index (χ0) is 15.6. The summed E-state index contributed by atoms with van der Waals surface area (Å²) < 4.78 is 5.39. The van der Waals surface area contributed by atoms with Crippen molar-refractivity contribution in [3.05, 3.63) is 45.3 Å². The summed E-state index contributed by atoms with van der Waals surface area (Å²) in [6.45, 7) is 1.13. The summed E-state index contributed by atoms with van der Waals surface area (Å²) in [7, 11) is 0. The number of fused-ring (bicyclic) bond motifs is 1. The van der Waals surface area contributed by atoms with Crippen LogP contribution in [0.3, 0.4) is 0 Å². The van der Waals surface area contributed by atoms with Gasteiger partial charge in [0.2, 0.25) is 0 Å². The van der Waals surface area contributed by atoms with E-state index in [1.165, 1.54) is 0 Å². The summed E-state index contributed by atoms with van der Waals surface area (Å²) in [6, 6.07) is 2.17. The third-order valence-electron chi connectivity index (χ3n) is 3.17. The number of benzene rings is 1. The Balaban J connectivity index is 2.74. The Morgan fingerprint density at radius 3 is 2.57 bits per heavy atom. The van der Waals surface area contributed by atoms with Gasteiger partial charge in [-0.05, 0) is 13.3 Å². The lowest BCUT2D eigenvalue weighted by Gasteiger charge is -2.09. The first-order valence-electron chi connectivity index (χ1n) is 6.35. The molecule has 0 saturated carbocycles. The number of aliphatic hydroxyl groups is 2. The van der Waals surface area contributed by atoms with Crippen molar-refractivity contribution in [3.63, 3.8) is 0 Å². The molecule has 0 radical (unpaired) electrons. The molecule has 6 nitrogen and oxygen atoms in total. The highest BCUT2D eigenvalue weighted by molar-refractivity contribution is 5.88. The molecule has 21 heavy (non-hydrogen) atoms. The smallest absolute Gasteiger partial charge is 0.196 e. The van der Waals surface area contributed by atoms with E-state index in [4.69, 9.17) is 14.6 Å². The molecule has 1 aromatic heterocycles. The van der Waals surface area contributed by atoms with Crippen molar-refractivity contribution in [1.29, 1.82) is 0 Å². The molecule has 0 saturated heterocycles. The van der Waals surface area contributed by atoms with E-state index in [-0.39, 0.29) is 41.3 Å². The number of hydrogen-bond donors (Lipinski definition) is 4. The van der Waals surface area contributed by atoms with Gasteiger partial charge in [-0.3, -0.25) is 4.79 Å². The van der Waals surface area contributed by atoms with Crippen LogP contribution in [-0.2, 0) is 13.0 Å². The summed E-state index contributed by atoms with van der Waals surface area (Å²) in [5.41, 5.74) is 0.534. The predicted molar refractivity (Wildman–Crippen MR) is 76.3 cm³/mol. The number of allylic oxidation sites excluding steroid dienone is 1. The van der Waals surface area contributed by atoms with Crippen molar-refractivity contribution >= 4 is 11.0 Å². The molecule has 1 aromatic carbocycles. The van der Waals surface area contributed by atoms with Crippen LogP contribution in [0, 0.1) is 0 Å². The van der Waals surface area contributed by atoms with Gasteiger partial charge in [-0.1, -0.05) is 11.6 Å². The Hall–Kier alpha value is -2.31. The molecule has 2 aromatic rings. The molecule has 0 aliphatic heterocycles. The summed E-state index contributed by atoms with van der Waals surface area (Å²) in [6.07, 6.45) is 1.89. The van der Waals surface area contributed by atoms with E-state index in [0.29, 0.717) is 11.1 Å². The molecule has 4 N–H and O–H groups in total. The highest BCUT2D eigenvalue weighted by atomic mass is 16.4. The summed E-state index contributed by atoms with van der Waals surface area (Å²) in [5, 5.41) is 37.8. The maximum Gasteiger partial charge on any atom is 0.196 e. The number of hydrogen-bond acceptors (Lipinski definition) is 6. The van der Waals surface area contributed by atoms with Crippen molar-refractivity contribution in [2.75, 3.05) is 6.61 Å². The molecular weight excluding hydrogens is 276 g/mol. The van der Waals surface area contributed by atoms with Crippen molar-refractivity contribution < 1.29 is 24.8 Å². The van der Waals surface area contributed by atoms with Crippen LogP contribution >= 0.6 is 0 Å². The average molecular weight is 292 g/mol. The minimum absolute atomic E-state index is 0.0334. The first-order valence-corrected chi connectivity index (χ1v) is 6.35. The number of aromatic hydroxyl groups is 2. The molecular formula is C15H16O6. The van der Waals surface area contributed by atoms with Gasteiger partial charge >= 0.3 is 0 Å². The SMILES string of the molecule is CC(=CCc1c(O)cc(O)c2c(=O)cc(CO)oc12)CO. The summed E-state index contributed by atoms with van der Waals surface area (Å²) >= 11 is 0. The number of phenolic OH excluding ortho intramolecular Hbond substituents is 2. The van der Waals surface area contributed by atoms with Gasteiger partial charge in [0.05, 0.1) is 6.61 Å². The Bertz CT molecular complexity index is 757. The standard InChI is InChI=1S/C15H16O6/c1-8(6-16)2-3-10-11(18)5-13(20)14-12(19)4-9(7-17)21-15(10)14/h2,4-5,16-18,20H,3,6-7H2,1H3. The molecule has 0 aliphatic carbocycles. The number of phenols is 2. The van der Waals surface area contributed by atoms with E-state index in [2.05, 4.69) is 0 Å². The lowest BCUT2D eigenvalue weighted by atomic mass is 10.0. The molecule has 0 fully saturated rings. The fourth-order valence-electron chi connectivity index (χ4n) is 2.02. The summed E-state index contributed by atoms with van der Waals surface area (Å²) in [5.74, 6) is -0.561. The quantitative estimate of drug-likeness (QED) is 0.630. The van der Waals surface area contributed by atoms with Crippen LogP contribution in [0.4, 0.5) is 0 Å². The van der Waals surface area contributed by atoms with Crippen LogP contribution in [0.25, 0.3) is 11.0 Å². The predicted octanol–water partition coefficient (Wildman–Crippen LogP) is 1.18. The molecule has 112 valence electrons. The van der Waals surface area contributed by atoms with Gasteiger partial charge in [-0.15, -0.1) is 0 Å². The van der Waals surface area contributed by atoms with Crippen molar-refractivity contribution in [2.45, 2.75) is 20.0 Å². The number of aliphatic hydroxyl groups excluding tert-OH is 2. The third kappa shape index (κ3) is 2.91. The highest BCUT2D eigenvalue weighted by Gasteiger charge is 2.16. The Morgan fingerprint density at radius 2 is 1.95 bits per heavy atom. The fourth-order valence-corrected chi connectivity index (χ4v) is 2.02. The van der Waals surface area contributed by atoms with Crippen molar-refractivity contribution in [2.24, 2.45) is 0 Å². The second-order valence-corrected chi connectivity index (χ2v) is 4.75. The zero-order valence-electron chi connectivity index (χ0n) is 11.5. The van der Waals surface area contributed by atoms with E-state index in [1.54, 1.807) is 13.0 Å². The monoisotopic (exact) mass is 292 g/mol. The molecule has 0 unspecified atom stereocenters. The highest BCUT2D eigenvalue weighted by Crippen LogP contribution is 2.33. The Kier molecular flexibility index (Phi) is 4.30. The molecule has 1 heterocycles. The molecule has 0 amide bonds. The molecule has 0 atom stereocenters. The largest absolute Gasteiger partial charge is 0.507 e. The van der Waals surface area contributed by atoms with Gasteiger partial charge in [0.1, 0.15) is 34.8 Å². The third-order valence-corrected chi connectivity index (χ3v) is 3.17. The maximum atomic E-state index is 12.0. The second kappa shape index (κ2) is 5.99. The lowest BCUT2D eigenvalue weighted by Crippen LogP contribution is -2.04. The molecule has 2 rings (SSSR count). The van der Waals surface area contributed by atoms with Crippen LogP contribution in [0.15, 0.2) is 33.0 Å². The molecule has 0 bridgehead atoms. The Morgan fingerprint density at radius 1 is 1.24 bits per heavy atom. The summed E-state index contributed by atoms with van der Waals surface area (Å²) in [4.78, 5) is 12.0. The van der Waals surface area contributed by atoms with Crippen LogP contribution in [-0.4, -0.2) is 27.0 Å². The molecule has 0 spiro atoms. The topological polar surface area (TPSA) is 111 Å². The first-order chi connectivity index (χ1) is 9.97. The van der Waals surface area contributed by atoms with E-state index in [1.807, 2.05) is 0 Å². The van der Waals surface area contributed by atoms with Gasteiger partial charge in [0.15, 0.2) is 5.43 Å². The van der Waals surface area contributed by atoms with Gasteiger partial charge in [-0.2, -0.15) is 0 Å². The maximum absolute atomic E-state index is 12.0. The first kappa shape index (κ1) is 15.1. The normalized spacial score (nSPS) is 12.0. The fraction of sp³-hybridized carbons (Fsp3) is 0.267. The second-order valence-electron chi connectivity index (χ2n) is 4.75. The zero-order valence-corrected chi connectivity index (χ0v) is 11.5. The van der Waals surface area contributed by atoms with Crippen LogP contribution in [0.5, 0.6) is 11.5 Å². The average Bonchev–Trinajstić information content (AvgIpc) is 2.45. The van der Waals surface area contributed by atoms with Gasteiger partial charge < -0.3 is 24.8 Å².